The Morgan fingerprint density at radius 1 is 1.50 bits per heavy atom. The quantitative estimate of drug-likeness (QED) is 0.768. The number of rotatable bonds is 7. The van der Waals surface area contributed by atoms with Gasteiger partial charge in [0.15, 0.2) is 0 Å². The van der Waals surface area contributed by atoms with Crippen LogP contribution in [0.2, 0.25) is 0 Å². The number of methoxy groups -OCH3 is 1. The molecule has 0 aliphatic heterocycles. The number of carboxylic acids is 1. The van der Waals surface area contributed by atoms with Crippen LogP contribution in [0.25, 0.3) is 0 Å². The first-order chi connectivity index (χ1) is 9.31. The van der Waals surface area contributed by atoms with Crippen LogP contribution in [0.4, 0.5) is 0 Å². The Hall–Kier alpha value is -1.12. The van der Waals surface area contributed by atoms with Crippen LogP contribution in [-0.2, 0) is 14.8 Å². The molecule has 2 N–H and O–H groups in total. The number of carboxylic acid groups (broad SMARTS) is 1. The molecule has 8 heteroatoms. The molecule has 6 nitrogen and oxygen atoms in total. The van der Waals surface area contributed by atoms with Crippen molar-refractivity contribution in [2.75, 3.05) is 13.7 Å². The summed E-state index contributed by atoms with van der Waals surface area (Å²) < 4.78 is 32.3. The highest BCUT2D eigenvalue weighted by atomic mass is 79.9. The number of nitrogens with one attached hydrogen (secondary N) is 1. The van der Waals surface area contributed by atoms with Gasteiger partial charge in [0.2, 0.25) is 10.0 Å². The number of carbonyl (C=O) groups is 1. The summed E-state index contributed by atoms with van der Waals surface area (Å²) in [4.78, 5) is 10.9. The van der Waals surface area contributed by atoms with Crippen LogP contribution >= 0.6 is 15.9 Å². The smallest absolute Gasteiger partial charge is 0.307 e. The van der Waals surface area contributed by atoms with Gasteiger partial charge < -0.3 is 9.84 Å². The summed E-state index contributed by atoms with van der Waals surface area (Å²) in [6.45, 7) is 1.52. The fraction of sp³-hybridized carbons (Fsp3) is 0.417. The zero-order valence-electron chi connectivity index (χ0n) is 11.1. The van der Waals surface area contributed by atoms with Gasteiger partial charge in [0.1, 0.15) is 10.6 Å². The van der Waals surface area contributed by atoms with Crippen molar-refractivity contribution >= 4 is 31.9 Å². The molecule has 0 radical (unpaired) electrons. The zero-order chi connectivity index (χ0) is 15.3. The highest BCUT2D eigenvalue weighted by molar-refractivity contribution is 9.10. The van der Waals surface area contributed by atoms with Gasteiger partial charge in [-0.3, -0.25) is 4.79 Å². The number of aliphatic carboxylic acids is 1. The van der Waals surface area contributed by atoms with E-state index in [1.54, 1.807) is 13.0 Å². The van der Waals surface area contributed by atoms with Gasteiger partial charge in [0.05, 0.1) is 13.0 Å². The van der Waals surface area contributed by atoms with Crippen molar-refractivity contribution < 1.29 is 23.1 Å². The molecule has 0 aliphatic carbocycles. The van der Waals surface area contributed by atoms with Crippen LogP contribution < -0.4 is 9.46 Å². The molecule has 0 aliphatic rings. The maximum atomic E-state index is 12.2. The third kappa shape index (κ3) is 4.19. The first kappa shape index (κ1) is 16.9. The van der Waals surface area contributed by atoms with E-state index in [2.05, 4.69) is 20.7 Å². The normalized spacial score (nSPS) is 12.9. The predicted octanol–water partition coefficient (Wildman–Crippen LogP) is 1.85. The van der Waals surface area contributed by atoms with Crippen molar-refractivity contribution in [1.29, 1.82) is 0 Å². The van der Waals surface area contributed by atoms with Crippen LogP contribution in [0.1, 0.15) is 13.3 Å². The first-order valence-corrected chi connectivity index (χ1v) is 8.15. The average molecular weight is 366 g/mol. The van der Waals surface area contributed by atoms with Crippen molar-refractivity contribution in [3.63, 3.8) is 0 Å². The third-order valence-electron chi connectivity index (χ3n) is 2.78. The lowest BCUT2D eigenvalue weighted by Gasteiger charge is -2.13. The minimum Gasteiger partial charge on any atom is -0.495 e. The standard InChI is InChI=1S/C12H16BrNO5S/c1-3-8(12(15)16)7-14-20(17,18)11-6-9(13)4-5-10(11)19-2/h4-6,8,14H,3,7H2,1-2H3,(H,15,16). The molecule has 0 heterocycles. The molecular weight excluding hydrogens is 350 g/mol. The Balaban J connectivity index is 3.00. The van der Waals surface area contributed by atoms with E-state index in [1.165, 1.54) is 19.2 Å². The van der Waals surface area contributed by atoms with Crippen molar-refractivity contribution in [3.05, 3.63) is 22.7 Å². The summed E-state index contributed by atoms with van der Waals surface area (Å²) in [7, 11) is -2.46. The third-order valence-corrected chi connectivity index (χ3v) is 4.72. The monoisotopic (exact) mass is 365 g/mol. The fourth-order valence-electron chi connectivity index (χ4n) is 1.55. The number of ether oxygens (including phenoxy) is 1. The van der Waals surface area contributed by atoms with Gasteiger partial charge in [-0.05, 0) is 24.6 Å². The summed E-state index contributed by atoms with van der Waals surface area (Å²) in [5.41, 5.74) is 0. The molecule has 112 valence electrons. The van der Waals surface area contributed by atoms with Crippen molar-refractivity contribution in [2.45, 2.75) is 18.2 Å². The van der Waals surface area contributed by atoms with Gasteiger partial charge in [-0.2, -0.15) is 0 Å². The molecule has 0 aromatic heterocycles. The van der Waals surface area contributed by atoms with Crippen LogP contribution in [0.15, 0.2) is 27.6 Å². The van der Waals surface area contributed by atoms with Gasteiger partial charge in [-0.15, -0.1) is 0 Å². The molecule has 1 aromatic rings. The minimum atomic E-state index is -3.83. The number of hydrogen-bond donors (Lipinski definition) is 2. The van der Waals surface area contributed by atoms with Crippen LogP contribution in [0.5, 0.6) is 5.75 Å². The second-order valence-electron chi connectivity index (χ2n) is 4.09. The number of benzene rings is 1. The summed E-state index contributed by atoms with van der Waals surface area (Å²) in [6, 6.07) is 4.58. The van der Waals surface area contributed by atoms with Gasteiger partial charge >= 0.3 is 5.97 Å². The maximum absolute atomic E-state index is 12.2. The van der Waals surface area contributed by atoms with E-state index in [4.69, 9.17) is 9.84 Å². The van der Waals surface area contributed by atoms with E-state index in [0.29, 0.717) is 10.9 Å². The number of hydrogen-bond acceptors (Lipinski definition) is 4. The topological polar surface area (TPSA) is 92.7 Å². The predicted molar refractivity (Wildman–Crippen MR) is 77.3 cm³/mol. The summed E-state index contributed by atoms with van der Waals surface area (Å²) in [5.74, 6) is -1.59. The van der Waals surface area contributed by atoms with Crippen LogP contribution in [-0.4, -0.2) is 33.1 Å². The Labute approximate surface area is 126 Å². The lowest BCUT2D eigenvalue weighted by Crippen LogP contribution is -2.32. The first-order valence-electron chi connectivity index (χ1n) is 5.87. The average Bonchev–Trinajstić information content (AvgIpc) is 2.38. The highest BCUT2D eigenvalue weighted by Gasteiger charge is 2.23. The van der Waals surface area contributed by atoms with Crippen LogP contribution in [0.3, 0.4) is 0 Å². The summed E-state index contributed by atoms with van der Waals surface area (Å²) in [6.07, 6.45) is 0.341. The molecule has 0 fully saturated rings. The number of sulfonamides is 1. The van der Waals surface area contributed by atoms with Crippen molar-refractivity contribution in [2.24, 2.45) is 5.92 Å². The Morgan fingerprint density at radius 2 is 2.15 bits per heavy atom. The van der Waals surface area contributed by atoms with E-state index in [-0.39, 0.29) is 17.2 Å². The van der Waals surface area contributed by atoms with E-state index < -0.39 is 21.9 Å². The largest absolute Gasteiger partial charge is 0.495 e. The summed E-state index contributed by atoms with van der Waals surface area (Å²) in [5, 5.41) is 8.92. The van der Waals surface area contributed by atoms with Crippen molar-refractivity contribution in [3.8, 4) is 5.75 Å². The molecular formula is C12H16BrNO5S. The van der Waals surface area contributed by atoms with Crippen LogP contribution in [0, 0.1) is 5.92 Å². The lowest BCUT2D eigenvalue weighted by molar-refractivity contribution is -0.141. The Bertz CT molecular complexity index is 588. The van der Waals surface area contributed by atoms with Gasteiger partial charge in [-0.1, -0.05) is 22.9 Å². The molecule has 0 saturated heterocycles. The lowest BCUT2D eigenvalue weighted by atomic mass is 10.1. The zero-order valence-corrected chi connectivity index (χ0v) is 13.5. The molecule has 1 aromatic carbocycles. The van der Waals surface area contributed by atoms with Gasteiger partial charge in [0, 0.05) is 11.0 Å². The second-order valence-corrected chi connectivity index (χ2v) is 6.74. The SMILES string of the molecule is CCC(CNS(=O)(=O)c1cc(Br)ccc1OC)C(=O)O. The molecule has 0 saturated carbocycles. The molecule has 0 spiro atoms. The van der Waals surface area contributed by atoms with E-state index in [9.17, 15) is 13.2 Å². The number of halogens is 1. The molecule has 0 amide bonds. The second kappa shape index (κ2) is 7.05. The van der Waals surface area contributed by atoms with E-state index >= 15 is 0 Å². The fourth-order valence-corrected chi connectivity index (χ4v) is 3.34. The van der Waals surface area contributed by atoms with E-state index in [0.717, 1.165) is 0 Å². The van der Waals surface area contributed by atoms with Gasteiger partial charge in [-0.25, -0.2) is 13.1 Å². The summed E-state index contributed by atoms with van der Waals surface area (Å²) >= 11 is 3.19. The van der Waals surface area contributed by atoms with Gasteiger partial charge in [0.25, 0.3) is 0 Å². The van der Waals surface area contributed by atoms with Crippen molar-refractivity contribution in [1.82, 2.24) is 4.72 Å². The Kier molecular flexibility index (Phi) is 5.97. The molecule has 1 rings (SSSR count). The minimum absolute atomic E-state index is 0.0328. The Morgan fingerprint density at radius 3 is 2.65 bits per heavy atom. The van der Waals surface area contributed by atoms with E-state index in [1.807, 2.05) is 0 Å². The molecule has 20 heavy (non-hydrogen) atoms. The molecule has 1 atom stereocenters. The molecule has 1 unspecified atom stereocenters. The highest BCUT2D eigenvalue weighted by Crippen LogP contribution is 2.27. The molecule has 0 bridgehead atoms. The maximum Gasteiger partial charge on any atom is 0.307 e.